The number of likely N-dealkylation sites (tertiary alicyclic amines) is 1. The summed E-state index contributed by atoms with van der Waals surface area (Å²) in [6.45, 7) is 3.12. The van der Waals surface area contributed by atoms with E-state index in [-0.39, 0.29) is 12.0 Å². The highest BCUT2D eigenvalue weighted by molar-refractivity contribution is 8.17. The van der Waals surface area contributed by atoms with Gasteiger partial charge in [-0.2, -0.15) is 0 Å². The Morgan fingerprint density at radius 2 is 2.19 bits per heavy atom. The molecule has 166 valence electrons. The maximum atomic E-state index is 12.7. The molecule has 2 aromatic rings. The molecule has 32 heavy (non-hydrogen) atoms. The minimum Gasteiger partial charge on any atom is -0.389 e. The van der Waals surface area contributed by atoms with Crippen LogP contribution in [0.15, 0.2) is 34.4 Å². The summed E-state index contributed by atoms with van der Waals surface area (Å²) in [6.07, 6.45) is 8.42. The van der Waals surface area contributed by atoms with Crippen LogP contribution in [0.3, 0.4) is 0 Å². The van der Waals surface area contributed by atoms with Crippen molar-refractivity contribution in [3.8, 4) is 0 Å². The molecular weight excluding hydrogens is 446 g/mol. The number of aromatic nitrogens is 2. The van der Waals surface area contributed by atoms with Crippen LogP contribution in [0.5, 0.6) is 0 Å². The van der Waals surface area contributed by atoms with Gasteiger partial charge in [-0.05, 0) is 37.5 Å². The summed E-state index contributed by atoms with van der Waals surface area (Å²) in [6, 6.07) is 3.57. The van der Waals surface area contributed by atoms with E-state index in [2.05, 4.69) is 33.2 Å². The van der Waals surface area contributed by atoms with E-state index in [1.807, 2.05) is 6.08 Å². The van der Waals surface area contributed by atoms with Crippen LogP contribution in [-0.4, -0.2) is 50.1 Å². The number of β-amino-alcohol motifs (C(OH)–C–C–N with tert-alkyl or cyclic N) is 1. The third kappa shape index (κ3) is 3.98. The molecule has 0 aliphatic carbocycles. The fourth-order valence-electron chi connectivity index (χ4n) is 4.09. The van der Waals surface area contributed by atoms with Crippen molar-refractivity contribution in [3.05, 3.63) is 62.0 Å². The second-order valence-corrected chi connectivity index (χ2v) is 9.51. The maximum absolute atomic E-state index is 12.7. The average molecular weight is 470 g/mol. The zero-order valence-corrected chi connectivity index (χ0v) is 19.3. The highest BCUT2D eigenvalue weighted by Crippen LogP contribution is 2.27. The second kappa shape index (κ2) is 8.77. The predicted molar refractivity (Wildman–Crippen MR) is 128 cm³/mol. The lowest BCUT2D eigenvalue weighted by Gasteiger charge is -2.38. The van der Waals surface area contributed by atoms with Gasteiger partial charge >= 0.3 is 0 Å². The van der Waals surface area contributed by atoms with Crippen molar-refractivity contribution in [1.82, 2.24) is 20.2 Å². The van der Waals surface area contributed by atoms with E-state index in [1.54, 1.807) is 18.3 Å². The van der Waals surface area contributed by atoms with Crippen LogP contribution in [0.25, 0.3) is 11.9 Å². The maximum Gasteiger partial charge on any atom is 0.257 e. The smallest absolute Gasteiger partial charge is 0.257 e. The zero-order valence-electron chi connectivity index (χ0n) is 17.7. The number of aliphatic hydroxyl groups excluding tert-OH is 1. The normalized spacial score (nSPS) is 18.8. The fourth-order valence-corrected chi connectivity index (χ4v) is 5.37. The van der Waals surface area contributed by atoms with Gasteiger partial charge in [-0.15, -0.1) is 0 Å². The molecular formula is C23H24ClN5O2S. The van der Waals surface area contributed by atoms with E-state index < -0.39 is 0 Å². The van der Waals surface area contributed by atoms with Crippen molar-refractivity contribution in [2.75, 3.05) is 13.1 Å². The number of carbonyl (C=O) groups is 1. The van der Waals surface area contributed by atoms with Gasteiger partial charge in [0.15, 0.2) is 0 Å². The molecule has 0 saturated carbocycles. The Kier molecular flexibility index (Phi) is 5.84. The number of carbonyl (C=O) groups excluding carboxylic acids is 1. The van der Waals surface area contributed by atoms with E-state index in [0.717, 1.165) is 57.1 Å². The van der Waals surface area contributed by atoms with Gasteiger partial charge in [-0.25, -0.2) is 4.99 Å². The van der Waals surface area contributed by atoms with Crippen LogP contribution in [-0.2, 0) is 12.8 Å². The van der Waals surface area contributed by atoms with E-state index in [9.17, 15) is 9.90 Å². The van der Waals surface area contributed by atoms with E-state index >= 15 is 0 Å². The quantitative estimate of drug-likeness (QED) is 0.638. The summed E-state index contributed by atoms with van der Waals surface area (Å²) in [5.41, 5.74) is 2.36. The van der Waals surface area contributed by atoms with E-state index in [0.29, 0.717) is 30.1 Å². The number of rotatable bonds is 3. The third-order valence-corrected chi connectivity index (χ3v) is 7.23. The molecule has 3 aliphatic heterocycles. The molecule has 3 aliphatic rings. The molecule has 2 aromatic heterocycles. The molecule has 0 aromatic carbocycles. The molecule has 0 bridgehead atoms. The van der Waals surface area contributed by atoms with Crippen molar-refractivity contribution < 1.29 is 9.90 Å². The fraction of sp³-hybridized carbons (Fsp3) is 0.348. The minimum absolute atomic E-state index is 0.152. The van der Waals surface area contributed by atoms with Crippen molar-refractivity contribution in [3.63, 3.8) is 0 Å². The van der Waals surface area contributed by atoms with Crippen LogP contribution in [0, 0.1) is 0 Å². The lowest BCUT2D eigenvalue weighted by atomic mass is 10.1. The first-order valence-electron chi connectivity index (χ1n) is 10.8. The van der Waals surface area contributed by atoms with E-state index in [4.69, 9.17) is 16.6 Å². The first-order valence-corrected chi connectivity index (χ1v) is 12.0. The van der Waals surface area contributed by atoms with Gasteiger partial charge in [0.1, 0.15) is 5.82 Å². The number of aromatic amines is 1. The number of thioether (sulfide) groups is 1. The summed E-state index contributed by atoms with van der Waals surface area (Å²) in [5.74, 6) is 0.621. The Morgan fingerprint density at radius 3 is 2.97 bits per heavy atom. The first-order chi connectivity index (χ1) is 15.5. The molecule has 3 N–H and O–H groups in total. The molecule has 9 heteroatoms. The number of H-pyrrole nitrogens is 1. The molecule has 1 fully saturated rings. The highest BCUT2D eigenvalue weighted by atomic mass is 35.5. The van der Waals surface area contributed by atoms with Crippen molar-refractivity contribution in [2.24, 2.45) is 4.99 Å². The number of aryl methyl sites for hydroxylation is 1. The Morgan fingerprint density at radius 1 is 1.34 bits per heavy atom. The predicted octanol–water partition coefficient (Wildman–Crippen LogP) is 1.90. The summed E-state index contributed by atoms with van der Waals surface area (Å²) in [4.78, 5) is 27.5. The molecule has 0 unspecified atom stereocenters. The molecule has 5 heterocycles. The van der Waals surface area contributed by atoms with Crippen LogP contribution >= 0.6 is 23.4 Å². The largest absolute Gasteiger partial charge is 0.389 e. The SMILES string of the molecule is CCc1[nH]c2c(c1Cl)=C(N1CC(O)C1)N=C(SC1=CCc3ncccc3C(=O)N1)CCC=2. The summed E-state index contributed by atoms with van der Waals surface area (Å²) < 4.78 is 0. The number of hydrogen-bond acceptors (Lipinski definition) is 6. The number of nitrogens with one attached hydrogen (secondary N) is 2. The number of pyridine rings is 1. The highest BCUT2D eigenvalue weighted by Gasteiger charge is 2.29. The van der Waals surface area contributed by atoms with Gasteiger partial charge in [0.05, 0.1) is 37.7 Å². The molecule has 0 atom stereocenters. The number of hydrogen-bond donors (Lipinski definition) is 3. The van der Waals surface area contributed by atoms with Crippen molar-refractivity contribution in [2.45, 2.75) is 38.7 Å². The minimum atomic E-state index is -0.357. The van der Waals surface area contributed by atoms with Gasteiger partial charge in [-0.3, -0.25) is 9.78 Å². The number of nitrogens with zero attached hydrogens (tertiary/aromatic N) is 3. The number of fused-ring (bicyclic) bond motifs is 2. The van der Waals surface area contributed by atoms with Crippen LogP contribution in [0.1, 0.15) is 41.5 Å². The Bertz CT molecular complexity index is 1260. The number of aliphatic hydroxyl groups is 1. The zero-order chi connectivity index (χ0) is 22.2. The first kappa shape index (κ1) is 21.3. The third-order valence-electron chi connectivity index (χ3n) is 5.80. The number of allylic oxidation sites excluding steroid dienone is 1. The number of amides is 1. The van der Waals surface area contributed by atoms with Crippen LogP contribution in [0.4, 0.5) is 0 Å². The molecule has 1 saturated heterocycles. The van der Waals surface area contributed by atoms with E-state index in [1.165, 1.54) is 11.8 Å². The lowest BCUT2D eigenvalue weighted by Crippen LogP contribution is -2.51. The standard InChI is InChI=1S/C23H24ClN5O2S/c1-2-15-21(24)20-17(26-15)6-3-7-18(27-22(20)29-11-13(30)12-29)32-19-9-8-16-14(23(31)28-19)5-4-10-25-16/h4-6,9-10,13,26,30H,2-3,7-8,11-12H2,1H3,(H,28,31). The van der Waals surface area contributed by atoms with Gasteiger partial charge in [-0.1, -0.05) is 36.4 Å². The van der Waals surface area contributed by atoms with Gasteiger partial charge in [0.25, 0.3) is 5.91 Å². The van der Waals surface area contributed by atoms with Gasteiger partial charge in [0.2, 0.25) is 0 Å². The van der Waals surface area contributed by atoms with Crippen LogP contribution in [0.2, 0.25) is 5.02 Å². The van der Waals surface area contributed by atoms with Crippen molar-refractivity contribution in [1.29, 1.82) is 0 Å². The second-order valence-electron chi connectivity index (χ2n) is 8.02. The Hall–Kier alpha value is -2.55. The molecule has 7 nitrogen and oxygen atoms in total. The molecule has 5 rings (SSSR count). The molecule has 0 spiro atoms. The molecule has 0 radical (unpaired) electrons. The Labute approximate surface area is 195 Å². The average Bonchev–Trinajstić information content (AvgIpc) is 2.96. The van der Waals surface area contributed by atoms with Crippen molar-refractivity contribution >= 4 is 46.2 Å². The molecule has 1 amide bonds. The summed E-state index contributed by atoms with van der Waals surface area (Å²) >= 11 is 8.21. The van der Waals surface area contributed by atoms with Crippen LogP contribution < -0.4 is 15.9 Å². The number of halogens is 1. The van der Waals surface area contributed by atoms with Gasteiger partial charge < -0.3 is 20.3 Å². The summed E-state index contributed by atoms with van der Waals surface area (Å²) in [5, 5.41) is 17.1. The topological polar surface area (TPSA) is 93.6 Å². The monoisotopic (exact) mass is 469 g/mol. The Balaban J connectivity index is 1.52. The lowest BCUT2D eigenvalue weighted by molar-refractivity contribution is 0.0383. The van der Waals surface area contributed by atoms with Gasteiger partial charge in [0, 0.05) is 36.8 Å². The number of aliphatic imine (C=N–C) groups is 1. The summed E-state index contributed by atoms with van der Waals surface area (Å²) in [7, 11) is 0.